The Bertz CT molecular complexity index is 965. The molecule has 2 heterocycles. The topological polar surface area (TPSA) is 86.0 Å². The van der Waals surface area contributed by atoms with Crippen LogP contribution in [-0.4, -0.2) is 20.7 Å². The first-order valence-corrected chi connectivity index (χ1v) is 8.21. The maximum Gasteiger partial charge on any atom is 0.270 e. The number of carbonyl (C=O) groups excluding carboxylic acids is 1. The highest BCUT2D eigenvalue weighted by Crippen LogP contribution is 2.28. The van der Waals surface area contributed by atoms with Crippen molar-refractivity contribution in [1.82, 2.24) is 9.97 Å². The molecule has 0 unspecified atom stereocenters. The Morgan fingerprint density at radius 1 is 1.24 bits per heavy atom. The summed E-state index contributed by atoms with van der Waals surface area (Å²) < 4.78 is 0. The number of pyridine rings is 1. The lowest BCUT2D eigenvalue weighted by Crippen LogP contribution is -1.93. The number of ketones is 1. The summed E-state index contributed by atoms with van der Waals surface area (Å²) in [7, 11) is 0. The van der Waals surface area contributed by atoms with Crippen LogP contribution in [0.15, 0.2) is 54.9 Å². The molecule has 0 fully saturated rings. The molecular weight excluding hydrogens is 338 g/mol. The summed E-state index contributed by atoms with van der Waals surface area (Å²) in [5, 5.41) is 11.6. The molecule has 0 spiro atoms. The van der Waals surface area contributed by atoms with Crippen molar-refractivity contribution in [3.05, 3.63) is 81.1 Å². The van der Waals surface area contributed by atoms with Crippen molar-refractivity contribution in [3.63, 3.8) is 0 Å². The Labute approximate surface area is 147 Å². The molecule has 7 heteroatoms. The van der Waals surface area contributed by atoms with Crippen LogP contribution in [0, 0.1) is 17.0 Å². The maximum absolute atomic E-state index is 12.4. The Kier molecular flexibility index (Phi) is 4.76. The molecule has 0 aliphatic rings. The lowest BCUT2D eigenvalue weighted by atomic mass is 10.1. The van der Waals surface area contributed by atoms with Crippen LogP contribution in [-0.2, 0) is 0 Å². The first-order chi connectivity index (χ1) is 12.0. The maximum atomic E-state index is 12.4. The average molecular weight is 351 g/mol. The van der Waals surface area contributed by atoms with Crippen molar-refractivity contribution >= 4 is 28.9 Å². The highest BCUT2D eigenvalue weighted by atomic mass is 32.1. The zero-order valence-corrected chi connectivity index (χ0v) is 14.1. The predicted molar refractivity (Wildman–Crippen MR) is 96.5 cm³/mol. The lowest BCUT2D eigenvalue weighted by Gasteiger charge is -1.95. The molecule has 0 N–H and O–H groups in total. The lowest BCUT2D eigenvalue weighted by molar-refractivity contribution is -0.384. The number of rotatable bonds is 5. The monoisotopic (exact) mass is 351 g/mol. The van der Waals surface area contributed by atoms with Gasteiger partial charge in [0, 0.05) is 30.1 Å². The van der Waals surface area contributed by atoms with Crippen molar-refractivity contribution in [2.75, 3.05) is 0 Å². The van der Waals surface area contributed by atoms with E-state index in [0.717, 1.165) is 10.6 Å². The molecule has 6 nitrogen and oxygen atoms in total. The molecule has 0 atom stereocenters. The van der Waals surface area contributed by atoms with E-state index < -0.39 is 4.92 Å². The summed E-state index contributed by atoms with van der Waals surface area (Å²) in [6.45, 7) is 1.79. The van der Waals surface area contributed by atoms with Gasteiger partial charge in [0.2, 0.25) is 0 Å². The third-order valence-electron chi connectivity index (χ3n) is 3.46. The first kappa shape index (κ1) is 16.7. The quantitative estimate of drug-likeness (QED) is 0.296. The van der Waals surface area contributed by atoms with Crippen LogP contribution in [0.1, 0.15) is 20.9 Å². The number of aryl methyl sites for hydroxylation is 1. The van der Waals surface area contributed by atoms with Crippen LogP contribution in [0.25, 0.3) is 16.6 Å². The van der Waals surface area contributed by atoms with E-state index in [0.29, 0.717) is 16.1 Å². The van der Waals surface area contributed by atoms with Gasteiger partial charge in [-0.1, -0.05) is 18.2 Å². The zero-order chi connectivity index (χ0) is 17.8. The molecule has 0 aliphatic carbocycles. The minimum Gasteiger partial charge on any atom is -0.288 e. The van der Waals surface area contributed by atoms with Gasteiger partial charge in [0.25, 0.3) is 5.69 Å². The van der Waals surface area contributed by atoms with Gasteiger partial charge in [0.05, 0.1) is 15.5 Å². The minimum absolute atomic E-state index is 0.0106. The molecule has 124 valence electrons. The van der Waals surface area contributed by atoms with E-state index in [4.69, 9.17) is 0 Å². The SMILES string of the molecule is Cc1nc(-c2ccncc2)sc1C(=O)C=Cc1cccc([N+](=O)[O-])c1. The summed E-state index contributed by atoms with van der Waals surface area (Å²) in [5.74, 6) is -0.179. The molecular formula is C18H13N3O3S. The van der Waals surface area contributed by atoms with Crippen LogP contribution in [0.3, 0.4) is 0 Å². The predicted octanol–water partition coefficient (Wildman–Crippen LogP) is 4.32. The van der Waals surface area contributed by atoms with Crippen molar-refractivity contribution < 1.29 is 9.72 Å². The zero-order valence-electron chi connectivity index (χ0n) is 13.2. The number of nitro benzene ring substituents is 1. The molecule has 0 radical (unpaired) electrons. The fourth-order valence-electron chi connectivity index (χ4n) is 2.23. The van der Waals surface area contributed by atoms with Crippen molar-refractivity contribution in [3.8, 4) is 10.6 Å². The van der Waals surface area contributed by atoms with Crippen LogP contribution < -0.4 is 0 Å². The summed E-state index contributed by atoms with van der Waals surface area (Å²) >= 11 is 1.32. The second-order valence-electron chi connectivity index (χ2n) is 5.22. The van der Waals surface area contributed by atoms with Gasteiger partial charge in [-0.2, -0.15) is 0 Å². The number of hydrogen-bond acceptors (Lipinski definition) is 6. The van der Waals surface area contributed by atoms with Gasteiger partial charge in [0.1, 0.15) is 5.01 Å². The number of nitro groups is 1. The number of nitrogens with zero attached hydrogens (tertiary/aromatic N) is 3. The fourth-order valence-corrected chi connectivity index (χ4v) is 3.22. The molecule has 2 aromatic heterocycles. The number of hydrogen-bond donors (Lipinski definition) is 0. The molecule has 3 aromatic rings. The standard InChI is InChI=1S/C18H13N3O3S/c1-12-17(25-18(20-12)14-7-9-19-10-8-14)16(22)6-5-13-3-2-4-15(11-13)21(23)24/h2-11H,1H3. The average Bonchev–Trinajstić information content (AvgIpc) is 3.02. The van der Waals surface area contributed by atoms with Gasteiger partial charge in [0.15, 0.2) is 5.78 Å². The van der Waals surface area contributed by atoms with E-state index >= 15 is 0 Å². The number of benzene rings is 1. The number of thiazole rings is 1. The normalized spacial score (nSPS) is 10.9. The van der Waals surface area contributed by atoms with Crippen molar-refractivity contribution in [2.45, 2.75) is 6.92 Å². The largest absolute Gasteiger partial charge is 0.288 e. The molecule has 0 saturated heterocycles. The second-order valence-corrected chi connectivity index (χ2v) is 6.22. The van der Waals surface area contributed by atoms with Gasteiger partial charge in [-0.3, -0.25) is 19.9 Å². The highest BCUT2D eigenvalue weighted by molar-refractivity contribution is 7.17. The van der Waals surface area contributed by atoms with E-state index in [1.807, 2.05) is 12.1 Å². The number of non-ortho nitro benzene ring substituents is 1. The molecule has 3 rings (SSSR count). The van der Waals surface area contributed by atoms with Gasteiger partial charge in [-0.05, 0) is 30.7 Å². The van der Waals surface area contributed by atoms with Gasteiger partial charge in [-0.15, -0.1) is 11.3 Å². The van der Waals surface area contributed by atoms with Crippen LogP contribution in [0.2, 0.25) is 0 Å². The van der Waals surface area contributed by atoms with E-state index in [1.54, 1.807) is 37.5 Å². The van der Waals surface area contributed by atoms with Crippen LogP contribution in [0.5, 0.6) is 0 Å². The molecule has 25 heavy (non-hydrogen) atoms. The van der Waals surface area contributed by atoms with E-state index in [1.165, 1.54) is 29.5 Å². The summed E-state index contributed by atoms with van der Waals surface area (Å²) in [4.78, 5) is 31.7. The van der Waals surface area contributed by atoms with Crippen molar-refractivity contribution in [1.29, 1.82) is 0 Å². The highest BCUT2D eigenvalue weighted by Gasteiger charge is 2.14. The first-order valence-electron chi connectivity index (χ1n) is 7.39. The Morgan fingerprint density at radius 3 is 2.72 bits per heavy atom. The summed E-state index contributed by atoms with van der Waals surface area (Å²) in [5.41, 5.74) is 2.15. The second kappa shape index (κ2) is 7.14. The third kappa shape index (κ3) is 3.84. The van der Waals surface area contributed by atoms with Crippen LogP contribution >= 0.6 is 11.3 Å². The molecule has 0 bridgehead atoms. The van der Waals surface area contributed by atoms with E-state index in [2.05, 4.69) is 9.97 Å². The Morgan fingerprint density at radius 2 is 2.00 bits per heavy atom. The van der Waals surface area contributed by atoms with E-state index in [9.17, 15) is 14.9 Å². The van der Waals surface area contributed by atoms with Gasteiger partial charge >= 0.3 is 0 Å². The Balaban J connectivity index is 1.83. The van der Waals surface area contributed by atoms with Crippen molar-refractivity contribution in [2.24, 2.45) is 0 Å². The summed E-state index contributed by atoms with van der Waals surface area (Å²) in [6, 6.07) is 9.80. The fraction of sp³-hybridized carbons (Fsp3) is 0.0556. The third-order valence-corrected chi connectivity index (χ3v) is 4.68. The number of carbonyl (C=O) groups is 1. The van der Waals surface area contributed by atoms with Gasteiger partial charge < -0.3 is 0 Å². The molecule has 1 aromatic carbocycles. The summed E-state index contributed by atoms with van der Waals surface area (Å²) in [6.07, 6.45) is 6.34. The van der Waals surface area contributed by atoms with E-state index in [-0.39, 0.29) is 11.5 Å². The smallest absolute Gasteiger partial charge is 0.270 e. The van der Waals surface area contributed by atoms with Gasteiger partial charge in [-0.25, -0.2) is 4.98 Å². The molecule has 0 saturated carbocycles. The molecule has 0 amide bonds. The molecule has 0 aliphatic heterocycles. The minimum atomic E-state index is -0.465. The number of aromatic nitrogens is 2. The Hall–Kier alpha value is -3.19. The number of allylic oxidation sites excluding steroid dienone is 1. The van der Waals surface area contributed by atoms with Crippen LogP contribution in [0.4, 0.5) is 5.69 Å².